The second-order valence-corrected chi connectivity index (χ2v) is 5.91. The molecular weight excluding hydrogens is 310 g/mol. The van der Waals surface area contributed by atoms with Crippen LogP contribution < -0.4 is 10.1 Å². The SMILES string of the molecule is CC(=O)c1ccc(NCc2ccc(OCc3ccccc3)cc2)cc1. The molecule has 126 valence electrons. The number of ketones is 1. The van der Waals surface area contributed by atoms with Crippen molar-refractivity contribution in [1.82, 2.24) is 0 Å². The fourth-order valence-corrected chi connectivity index (χ4v) is 2.47. The van der Waals surface area contributed by atoms with Crippen LogP contribution in [0, 0.1) is 0 Å². The molecule has 0 atom stereocenters. The van der Waals surface area contributed by atoms with Crippen molar-refractivity contribution in [3.8, 4) is 5.75 Å². The van der Waals surface area contributed by atoms with Gasteiger partial charge in [0.2, 0.25) is 0 Å². The standard InChI is InChI=1S/C22H21NO2/c1-17(24)20-9-11-21(12-10-20)23-15-18-7-13-22(14-8-18)25-16-19-5-3-2-4-6-19/h2-14,23H,15-16H2,1H3. The van der Waals surface area contributed by atoms with Crippen LogP contribution in [0.3, 0.4) is 0 Å². The maximum Gasteiger partial charge on any atom is 0.159 e. The monoisotopic (exact) mass is 331 g/mol. The van der Waals surface area contributed by atoms with E-state index in [-0.39, 0.29) is 5.78 Å². The lowest BCUT2D eigenvalue weighted by Gasteiger charge is -2.09. The highest BCUT2D eigenvalue weighted by atomic mass is 16.5. The zero-order valence-electron chi connectivity index (χ0n) is 14.2. The lowest BCUT2D eigenvalue weighted by Crippen LogP contribution is -2.00. The van der Waals surface area contributed by atoms with E-state index < -0.39 is 0 Å². The van der Waals surface area contributed by atoms with Crippen LogP contribution in [0.4, 0.5) is 5.69 Å². The van der Waals surface area contributed by atoms with Gasteiger partial charge in [0.05, 0.1) is 0 Å². The Hall–Kier alpha value is -3.07. The van der Waals surface area contributed by atoms with E-state index in [1.165, 1.54) is 5.56 Å². The summed E-state index contributed by atoms with van der Waals surface area (Å²) in [4.78, 5) is 11.3. The van der Waals surface area contributed by atoms with Crippen LogP contribution in [-0.4, -0.2) is 5.78 Å². The first-order valence-electron chi connectivity index (χ1n) is 8.31. The summed E-state index contributed by atoms with van der Waals surface area (Å²) in [6.45, 7) is 2.86. The summed E-state index contributed by atoms with van der Waals surface area (Å²) < 4.78 is 5.79. The smallest absolute Gasteiger partial charge is 0.159 e. The van der Waals surface area contributed by atoms with E-state index in [0.29, 0.717) is 6.61 Å². The number of hydrogen-bond acceptors (Lipinski definition) is 3. The Morgan fingerprint density at radius 1 is 0.840 bits per heavy atom. The Labute approximate surface area is 148 Å². The number of hydrogen-bond donors (Lipinski definition) is 1. The number of Topliss-reactive ketones (excluding diaryl/α,β-unsaturated/α-hetero) is 1. The van der Waals surface area contributed by atoms with Gasteiger partial charge in [-0.15, -0.1) is 0 Å². The lowest BCUT2D eigenvalue weighted by molar-refractivity contribution is 0.101. The number of rotatable bonds is 7. The molecule has 3 nitrogen and oxygen atoms in total. The Balaban J connectivity index is 1.51. The van der Waals surface area contributed by atoms with Crippen LogP contribution in [0.15, 0.2) is 78.9 Å². The number of ether oxygens (including phenoxy) is 1. The van der Waals surface area contributed by atoms with Gasteiger partial charge in [0.1, 0.15) is 12.4 Å². The first kappa shape index (κ1) is 16.8. The van der Waals surface area contributed by atoms with E-state index in [1.54, 1.807) is 6.92 Å². The molecule has 0 unspecified atom stereocenters. The summed E-state index contributed by atoms with van der Waals surface area (Å²) in [6, 6.07) is 25.7. The van der Waals surface area contributed by atoms with Gasteiger partial charge >= 0.3 is 0 Å². The van der Waals surface area contributed by atoms with Crippen LogP contribution in [-0.2, 0) is 13.2 Å². The van der Waals surface area contributed by atoms with E-state index in [9.17, 15) is 4.79 Å². The van der Waals surface area contributed by atoms with E-state index in [2.05, 4.69) is 29.6 Å². The Morgan fingerprint density at radius 2 is 1.52 bits per heavy atom. The maximum absolute atomic E-state index is 11.3. The van der Waals surface area contributed by atoms with Crippen LogP contribution >= 0.6 is 0 Å². The van der Waals surface area contributed by atoms with E-state index in [0.717, 1.165) is 29.1 Å². The molecule has 0 fully saturated rings. The molecule has 0 saturated heterocycles. The molecule has 0 spiro atoms. The average Bonchev–Trinajstić information content (AvgIpc) is 2.67. The topological polar surface area (TPSA) is 38.3 Å². The predicted octanol–water partition coefficient (Wildman–Crippen LogP) is 5.08. The summed E-state index contributed by atoms with van der Waals surface area (Å²) >= 11 is 0. The van der Waals surface area contributed by atoms with Gasteiger partial charge in [-0.1, -0.05) is 42.5 Å². The number of anilines is 1. The van der Waals surface area contributed by atoms with Crippen molar-refractivity contribution in [1.29, 1.82) is 0 Å². The molecule has 0 aromatic heterocycles. The molecule has 0 aliphatic rings. The van der Waals surface area contributed by atoms with Crippen LogP contribution in [0.5, 0.6) is 5.75 Å². The normalized spacial score (nSPS) is 10.3. The van der Waals surface area contributed by atoms with Gasteiger partial charge in [-0.2, -0.15) is 0 Å². The lowest BCUT2D eigenvalue weighted by atomic mass is 10.1. The third-order valence-electron chi connectivity index (χ3n) is 3.96. The van der Waals surface area contributed by atoms with Gasteiger partial charge in [-0.25, -0.2) is 0 Å². The van der Waals surface area contributed by atoms with Crippen molar-refractivity contribution < 1.29 is 9.53 Å². The number of nitrogens with one attached hydrogen (secondary N) is 1. The minimum absolute atomic E-state index is 0.0811. The molecule has 3 aromatic rings. The van der Waals surface area contributed by atoms with E-state index >= 15 is 0 Å². The summed E-state index contributed by atoms with van der Waals surface area (Å²) in [7, 11) is 0. The van der Waals surface area contributed by atoms with Crippen LogP contribution in [0.1, 0.15) is 28.4 Å². The number of carbonyl (C=O) groups excluding carboxylic acids is 1. The highest BCUT2D eigenvalue weighted by molar-refractivity contribution is 5.94. The van der Waals surface area contributed by atoms with Crippen molar-refractivity contribution in [3.05, 3.63) is 95.6 Å². The van der Waals surface area contributed by atoms with Crippen LogP contribution in [0.2, 0.25) is 0 Å². The zero-order valence-corrected chi connectivity index (χ0v) is 14.2. The fourth-order valence-electron chi connectivity index (χ4n) is 2.47. The Bertz CT molecular complexity index is 809. The molecule has 3 aromatic carbocycles. The van der Waals surface area contributed by atoms with Crippen molar-refractivity contribution >= 4 is 11.5 Å². The molecule has 0 saturated carbocycles. The predicted molar refractivity (Wildman–Crippen MR) is 101 cm³/mol. The second-order valence-electron chi connectivity index (χ2n) is 5.91. The summed E-state index contributed by atoms with van der Waals surface area (Å²) in [5.41, 5.74) is 4.05. The second kappa shape index (κ2) is 8.15. The molecule has 0 heterocycles. The molecule has 0 aliphatic carbocycles. The molecule has 0 radical (unpaired) electrons. The molecule has 3 rings (SSSR count). The number of carbonyl (C=O) groups is 1. The van der Waals surface area contributed by atoms with Crippen molar-refractivity contribution in [3.63, 3.8) is 0 Å². The van der Waals surface area contributed by atoms with Crippen LogP contribution in [0.25, 0.3) is 0 Å². The molecular formula is C22H21NO2. The highest BCUT2D eigenvalue weighted by Crippen LogP contribution is 2.16. The molecule has 0 aliphatic heterocycles. The van der Waals surface area contributed by atoms with Gasteiger partial charge < -0.3 is 10.1 Å². The third kappa shape index (κ3) is 4.95. The van der Waals surface area contributed by atoms with Gasteiger partial charge in [0.25, 0.3) is 0 Å². The molecule has 1 N–H and O–H groups in total. The van der Waals surface area contributed by atoms with Gasteiger partial charge in [0.15, 0.2) is 5.78 Å². The zero-order chi connectivity index (χ0) is 17.5. The minimum atomic E-state index is 0.0811. The quantitative estimate of drug-likeness (QED) is 0.614. The van der Waals surface area contributed by atoms with Gasteiger partial charge in [0, 0.05) is 17.8 Å². The highest BCUT2D eigenvalue weighted by Gasteiger charge is 2.00. The summed E-state index contributed by atoms with van der Waals surface area (Å²) in [5, 5.41) is 3.35. The Morgan fingerprint density at radius 3 is 2.16 bits per heavy atom. The first-order chi connectivity index (χ1) is 12.2. The molecule has 0 amide bonds. The van der Waals surface area contributed by atoms with E-state index in [1.807, 2.05) is 54.6 Å². The first-order valence-corrected chi connectivity index (χ1v) is 8.31. The maximum atomic E-state index is 11.3. The summed E-state index contributed by atoms with van der Waals surface area (Å²) in [5.74, 6) is 0.941. The van der Waals surface area contributed by atoms with Gasteiger partial charge in [-0.05, 0) is 54.4 Å². The largest absolute Gasteiger partial charge is 0.489 e. The summed E-state index contributed by atoms with van der Waals surface area (Å²) in [6.07, 6.45) is 0. The fraction of sp³-hybridized carbons (Fsp3) is 0.136. The average molecular weight is 331 g/mol. The van der Waals surface area contributed by atoms with Crippen molar-refractivity contribution in [2.45, 2.75) is 20.1 Å². The minimum Gasteiger partial charge on any atom is -0.489 e. The van der Waals surface area contributed by atoms with Gasteiger partial charge in [-0.3, -0.25) is 4.79 Å². The number of benzene rings is 3. The molecule has 3 heteroatoms. The van der Waals surface area contributed by atoms with Crippen molar-refractivity contribution in [2.75, 3.05) is 5.32 Å². The van der Waals surface area contributed by atoms with E-state index in [4.69, 9.17) is 4.74 Å². The Kier molecular flexibility index (Phi) is 5.47. The van der Waals surface area contributed by atoms with Crippen molar-refractivity contribution in [2.24, 2.45) is 0 Å². The third-order valence-corrected chi connectivity index (χ3v) is 3.96. The molecule has 0 bridgehead atoms. The molecule has 25 heavy (non-hydrogen) atoms.